The molecule has 2 aromatic carbocycles. The van der Waals surface area contributed by atoms with Gasteiger partial charge in [-0.1, -0.05) is 82.6 Å². The third kappa shape index (κ3) is 5.87. The minimum atomic E-state index is -0.961. The van der Waals surface area contributed by atoms with E-state index in [0.29, 0.717) is 12.2 Å². The van der Waals surface area contributed by atoms with Crippen LogP contribution in [0.1, 0.15) is 52.5 Å². The summed E-state index contributed by atoms with van der Waals surface area (Å²) in [5.41, 5.74) is 3.67. The zero-order chi connectivity index (χ0) is 24.7. The van der Waals surface area contributed by atoms with E-state index in [-0.39, 0.29) is 24.3 Å². The SMILES string of the molecule is CCCCC(=O)N(Cc1ccc(-c2ccccc2-c2nn[nH]n2)cc1)C(C(=O)O)[C@H](C)C(C)C. The number of carbonyl (C=O) groups excluding carboxylic acids is 1. The first kappa shape index (κ1) is 25.1. The van der Waals surface area contributed by atoms with Crippen molar-refractivity contribution >= 4 is 11.9 Å². The van der Waals surface area contributed by atoms with Crippen molar-refractivity contribution in [3.63, 3.8) is 0 Å². The van der Waals surface area contributed by atoms with Gasteiger partial charge in [-0.25, -0.2) is 4.79 Å². The highest BCUT2D eigenvalue weighted by Gasteiger charge is 2.35. The molecule has 0 spiro atoms. The fourth-order valence-electron chi connectivity index (χ4n) is 4.01. The molecule has 0 saturated carbocycles. The molecule has 0 aliphatic rings. The Morgan fingerprint density at radius 1 is 1.03 bits per heavy atom. The van der Waals surface area contributed by atoms with Crippen LogP contribution in [0.3, 0.4) is 0 Å². The lowest BCUT2D eigenvalue weighted by Crippen LogP contribution is -2.49. The molecule has 1 unspecified atom stereocenters. The van der Waals surface area contributed by atoms with Gasteiger partial charge in [0.15, 0.2) is 0 Å². The van der Waals surface area contributed by atoms with Crippen molar-refractivity contribution in [2.75, 3.05) is 0 Å². The number of carbonyl (C=O) groups is 2. The van der Waals surface area contributed by atoms with Crippen molar-refractivity contribution in [1.82, 2.24) is 25.5 Å². The number of unbranched alkanes of at least 4 members (excludes halogenated alkanes) is 1. The molecule has 0 bridgehead atoms. The van der Waals surface area contributed by atoms with Crippen molar-refractivity contribution < 1.29 is 14.7 Å². The van der Waals surface area contributed by atoms with Gasteiger partial charge < -0.3 is 10.0 Å². The van der Waals surface area contributed by atoms with Gasteiger partial charge in [0.05, 0.1) is 0 Å². The maximum atomic E-state index is 13.1. The van der Waals surface area contributed by atoms with Crippen LogP contribution in [-0.4, -0.2) is 48.5 Å². The smallest absolute Gasteiger partial charge is 0.326 e. The Kier molecular flexibility index (Phi) is 8.51. The number of amides is 1. The Labute approximate surface area is 200 Å². The van der Waals surface area contributed by atoms with Crippen LogP contribution in [0.25, 0.3) is 22.5 Å². The van der Waals surface area contributed by atoms with Gasteiger partial charge in [-0.15, -0.1) is 10.2 Å². The number of aromatic amines is 1. The monoisotopic (exact) mass is 463 g/mol. The second kappa shape index (κ2) is 11.5. The molecule has 0 aliphatic carbocycles. The van der Waals surface area contributed by atoms with E-state index in [1.165, 1.54) is 0 Å². The van der Waals surface area contributed by atoms with Crippen molar-refractivity contribution in [3.05, 3.63) is 54.1 Å². The van der Waals surface area contributed by atoms with Gasteiger partial charge in [0.2, 0.25) is 11.7 Å². The summed E-state index contributed by atoms with van der Waals surface area (Å²) in [6.45, 7) is 8.16. The number of nitrogens with zero attached hydrogens (tertiary/aromatic N) is 4. The Morgan fingerprint density at radius 3 is 2.26 bits per heavy atom. The topological polar surface area (TPSA) is 112 Å². The first-order valence-electron chi connectivity index (χ1n) is 11.8. The Bertz CT molecular complexity index is 1080. The van der Waals surface area contributed by atoms with Crippen molar-refractivity contribution in [3.8, 4) is 22.5 Å². The van der Waals surface area contributed by atoms with E-state index in [4.69, 9.17) is 0 Å². The van der Waals surface area contributed by atoms with E-state index in [0.717, 1.165) is 35.1 Å². The van der Waals surface area contributed by atoms with E-state index in [1.807, 2.05) is 76.2 Å². The number of benzene rings is 2. The molecular formula is C26H33N5O3. The quantitative estimate of drug-likeness (QED) is 0.422. The molecule has 3 aromatic rings. The van der Waals surface area contributed by atoms with E-state index in [9.17, 15) is 14.7 Å². The average molecular weight is 464 g/mol. The number of rotatable bonds is 11. The average Bonchev–Trinajstić information content (AvgIpc) is 3.37. The predicted octanol–water partition coefficient (Wildman–Crippen LogP) is 4.80. The molecule has 0 saturated heterocycles. The van der Waals surface area contributed by atoms with Crippen molar-refractivity contribution in [1.29, 1.82) is 0 Å². The summed E-state index contributed by atoms with van der Waals surface area (Å²) in [6.07, 6.45) is 1.97. The second-order valence-electron chi connectivity index (χ2n) is 8.99. The molecule has 2 atom stereocenters. The first-order chi connectivity index (χ1) is 16.3. The van der Waals surface area contributed by atoms with Crippen LogP contribution in [0, 0.1) is 11.8 Å². The molecule has 1 heterocycles. The summed E-state index contributed by atoms with van der Waals surface area (Å²) < 4.78 is 0. The van der Waals surface area contributed by atoms with Crippen LogP contribution in [0.15, 0.2) is 48.5 Å². The normalized spacial score (nSPS) is 13.0. The molecule has 3 rings (SSSR count). The van der Waals surface area contributed by atoms with E-state index >= 15 is 0 Å². The molecule has 0 fully saturated rings. The lowest BCUT2D eigenvalue weighted by atomic mass is 9.88. The Hall–Kier alpha value is -3.55. The van der Waals surface area contributed by atoms with Crippen LogP contribution in [0.2, 0.25) is 0 Å². The fourth-order valence-corrected chi connectivity index (χ4v) is 4.01. The van der Waals surface area contributed by atoms with Crippen LogP contribution in [-0.2, 0) is 16.1 Å². The number of carboxylic acids is 1. The highest BCUT2D eigenvalue weighted by Crippen LogP contribution is 2.30. The third-order valence-corrected chi connectivity index (χ3v) is 6.33. The predicted molar refractivity (Wildman–Crippen MR) is 131 cm³/mol. The molecular weight excluding hydrogens is 430 g/mol. The minimum Gasteiger partial charge on any atom is -0.480 e. The number of nitrogens with one attached hydrogen (secondary N) is 1. The van der Waals surface area contributed by atoms with E-state index in [1.54, 1.807) is 4.90 Å². The largest absolute Gasteiger partial charge is 0.480 e. The molecule has 1 amide bonds. The van der Waals surface area contributed by atoms with Gasteiger partial charge in [0.1, 0.15) is 6.04 Å². The number of aliphatic carboxylic acids is 1. The van der Waals surface area contributed by atoms with Gasteiger partial charge >= 0.3 is 5.97 Å². The Balaban J connectivity index is 1.90. The lowest BCUT2D eigenvalue weighted by Gasteiger charge is -2.35. The molecule has 34 heavy (non-hydrogen) atoms. The summed E-state index contributed by atoms with van der Waals surface area (Å²) >= 11 is 0. The first-order valence-corrected chi connectivity index (χ1v) is 11.8. The summed E-state index contributed by atoms with van der Waals surface area (Å²) in [5, 5.41) is 24.3. The maximum absolute atomic E-state index is 13.1. The van der Waals surface area contributed by atoms with E-state index in [2.05, 4.69) is 20.6 Å². The number of hydrogen-bond donors (Lipinski definition) is 2. The number of H-pyrrole nitrogens is 1. The van der Waals surface area contributed by atoms with Crippen molar-refractivity contribution in [2.45, 2.75) is 59.5 Å². The number of carboxylic acid groups (broad SMARTS) is 1. The van der Waals surface area contributed by atoms with Gasteiger partial charge in [-0.3, -0.25) is 4.79 Å². The zero-order valence-corrected chi connectivity index (χ0v) is 20.2. The van der Waals surface area contributed by atoms with Crippen LogP contribution in [0.4, 0.5) is 0 Å². The number of aromatic nitrogens is 4. The second-order valence-corrected chi connectivity index (χ2v) is 8.99. The molecule has 2 N–H and O–H groups in total. The molecule has 1 aromatic heterocycles. The molecule has 8 heteroatoms. The summed E-state index contributed by atoms with van der Waals surface area (Å²) in [7, 11) is 0. The lowest BCUT2D eigenvalue weighted by molar-refractivity contribution is -0.154. The highest BCUT2D eigenvalue weighted by molar-refractivity contribution is 5.84. The highest BCUT2D eigenvalue weighted by atomic mass is 16.4. The molecule has 0 aliphatic heterocycles. The summed E-state index contributed by atoms with van der Waals surface area (Å²) in [5.74, 6) is -0.611. The van der Waals surface area contributed by atoms with E-state index < -0.39 is 12.0 Å². The van der Waals surface area contributed by atoms with Gasteiger partial charge in [0.25, 0.3) is 0 Å². The number of hydrogen-bond acceptors (Lipinski definition) is 5. The summed E-state index contributed by atoms with van der Waals surface area (Å²) in [6, 6.07) is 14.8. The van der Waals surface area contributed by atoms with Crippen molar-refractivity contribution in [2.24, 2.45) is 11.8 Å². The van der Waals surface area contributed by atoms with Crippen LogP contribution in [0.5, 0.6) is 0 Å². The molecule has 0 radical (unpaired) electrons. The van der Waals surface area contributed by atoms with Gasteiger partial charge in [-0.2, -0.15) is 5.21 Å². The standard InChI is InChI=1S/C26H33N5O3/c1-5-6-11-23(32)31(24(26(33)34)18(4)17(2)3)16-19-12-14-20(15-13-19)21-9-7-8-10-22(21)25-27-29-30-28-25/h7-10,12-15,17-18,24H,5-6,11,16H2,1-4H3,(H,33,34)(H,27,28,29,30)/t18-,24?/m1/s1. The third-order valence-electron chi connectivity index (χ3n) is 6.33. The maximum Gasteiger partial charge on any atom is 0.326 e. The molecule has 180 valence electrons. The molecule has 8 nitrogen and oxygen atoms in total. The zero-order valence-electron chi connectivity index (χ0n) is 20.2. The number of tetrazole rings is 1. The van der Waals surface area contributed by atoms with Gasteiger partial charge in [-0.05, 0) is 40.2 Å². The summed E-state index contributed by atoms with van der Waals surface area (Å²) in [4.78, 5) is 26.9. The Morgan fingerprint density at radius 2 is 1.71 bits per heavy atom. The van der Waals surface area contributed by atoms with Crippen LogP contribution < -0.4 is 0 Å². The fraction of sp³-hybridized carbons (Fsp3) is 0.423. The van der Waals surface area contributed by atoms with Gasteiger partial charge in [0, 0.05) is 18.5 Å². The minimum absolute atomic E-state index is 0.117. The van der Waals surface area contributed by atoms with Crippen LogP contribution >= 0.6 is 0 Å².